The number of benzene rings is 2. The number of hydrogen-bond donors (Lipinski definition) is 2. The summed E-state index contributed by atoms with van der Waals surface area (Å²) in [7, 11) is 3.69. The Balaban J connectivity index is 1.64. The molecule has 2 aromatic carbocycles. The van der Waals surface area contributed by atoms with Crippen molar-refractivity contribution in [2.75, 3.05) is 23.7 Å². The molecule has 0 unspecified atom stereocenters. The van der Waals surface area contributed by atoms with Crippen LogP contribution in [0.25, 0.3) is 22.5 Å². The highest BCUT2D eigenvalue weighted by molar-refractivity contribution is 5.81. The topological polar surface area (TPSA) is 146 Å². The largest absolute Gasteiger partial charge is 0.384 e. The second-order valence-electron chi connectivity index (χ2n) is 14.5. The van der Waals surface area contributed by atoms with Crippen LogP contribution in [0.15, 0.2) is 48.8 Å². The van der Waals surface area contributed by atoms with Crippen molar-refractivity contribution in [1.29, 1.82) is 0 Å². The zero-order valence-electron chi connectivity index (χ0n) is 27.8. The van der Waals surface area contributed by atoms with E-state index in [1.54, 1.807) is 33.6 Å². The minimum atomic E-state index is -0.394. The molecule has 0 aliphatic heterocycles. The summed E-state index contributed by atoms with van der Waals surface area (Å²) in [6, 6.07) is 9.63. The number of non-ortho nitro benzene ring substituents is 2. The Bertz CT molecular complexity index is 1610. The van der Waals surface area contributed by atoms with Gasteiger partial charge in [0.05, 0.1) is 21.2 Å². The number of nitro benzene ring substituents is 2. The SMILES string of the molecule is Cn1cc(C(C)(C)C)c(-c2cc([N+](=O)[O-])ccc2NCC(C)(C)CNc2ccc([N+](=O)[O-])cc2-c2nn(C)cc2C(C)(C)C)n1. The van der Waals surface area contributed by atoms with Gasteiger partial charge in [-0.15, -0.1) is 0 Å². The first kappa shape index (κ1) is 33.2. The zero-order chi connectivity index (χ0) is 33.5. The molecule has 0 bridgehead atoms. The molecule has 0 amide bonds. The van der Waals surface area contributed by atoms with Crippen molar-refractivity contribution in [3.05, 3.63) is 80.1 Å². The second kappa shape index (κ2) is 12.0. The van der Waals surface area contributed by atoms with Crippen molar-refractivity contribution in [3.63, 3.8) is 0 Å². The molecular formula is C33H44N8O4. The fourth-order valence-corrected chi connectivity index (χ4v) is 5.20. The van der Waals surface area contributed by atoms with Crippen molar-refractivity contribution < 1.29 is 9.85 Å². The molecule has 0 fully saturated rings. The van der Waals surface area contributed by atoms with E-state index in [0.717, 1.165) is 22.5 Å². The lowest BCUT2D eigenvalue weighted by Gasteiger charge is -2.28. The summed E-state index contributed by atoms with van der Waals surface area (Å²) >= 11 is 0. The van der Waals surface area contributed by atoms with Gasteiger partial charge in [-0.1, -0.05) is 55.4 Å². The number of aromatic nitrogens is 4. The number of nitrogens with zero attached hydrogens (tertiary/aromatic N) is 6. The van der Waals surface area contributed by atoms with Crippen LogP contribution in [0.5, 0.6) is 0 Å². The second-order valence-corrected chi connectivity index (χ2v) is 14.5. The molecule has 0 saturated heterocycles. The molecule has 4 rings (SSSR count). The summed E-state index contributed by atoms with van der Waals surface area (Å²) in [5, 5.41) is 39.8. The van der Waals surface area contributed by atoms with Crippen molar-refractivity contribution in [3.8, 4) is 22.5 Å². The van der Waals surface area contributed by atoms with E-state index in [9.17, 15) is 20.2 Å². The molecule has 240 valence electrons. The van der Waals surface area contributed by atoms with Crippen LogP contribution in [0.2, 0.25) is 0 Å². The summed E-state index contributed by atoms with van der Waals surface area (Å²) in [6.45, 7) is 17.8. The van der Waals surface area contributed by atoms with E-state index in [-0.39, 0.29) is 27.6 Å². The normalized spacial score (nSPS) is 12.3. The third-order valence-corrected chi connectivity index (χ3v) is 7.73. The van der Waals surface area contributed by atoms with Crippen LogP contribution in [0, 0.1) is 25.6 Å². The summed E-state index contributed by atoms with van der Waals surface area (Å²) in [5.41, 5.74) is 5.44. The highest BCUT2D eigenvalue weighted by atomic mass is 16.6. The van der Waals surface area contributed by atoms with Gasteiger partial charge in [-0.3, -0.25) is 29.6 Å². The molecule has 12 heteroatoms. The smallest absolute Gasteiger partial charge is 0.270 e. The third kappa shape index (κ3) is 7.50. The molecule has 0 spiro atoms. The number of aryl methyl sites for hydroxylation is 2. The molecule has 0 atom stereocenters. The molecule has 2 aromatic heterocycles. The summed E-state index contributed by atoms with van der Waals surface area (Å²) in [4.78, 5) is 22.6. The van der Waals surface area contributed by atoms with Crippen molar-refractivity contribution in [2.45, 2.75) is 66.2 Å². The van der Waals surface area contributed by atoms with Crippen molar-refractivity contribution in [2.24, 2.45) is 19.5 Å². The highest BCUT2D eigenvalue weighted by Gasteiger charge is 2.28. The van der Waals surface area contributed by atoms with Gasteiger partial charge in [-0.2, -0.15) is 10.2 Å². The van der Waals surface area contributed by atoms with Gasteiger partial charge in [-0.05, 0) is 28.4 Å². The predicted octanol–water partition coefficient (Wildman–Crippen LogP) is 7.45. The van der Waals surface area contributed by atoms with E-state index < -0.39 is 9.85 Å². The van der Waals surface area contributed by atoms with Crippen LogP contribution in [0.4, 0.5) is 22.7 Å². The number of nitro groups is 2. The van der Waals surface area contributed by atoms with Gasteiger partial charge >= 0.3 is 0 Å². The fraction of sp³-hybridized carbons (Fsp3) is 0.455. The Morgan fingerprint density at radius 1 is 0.667 bits per heavy atom. The molecule has 2 N–H and O–H groups in total. The Morgan fingerprint density at radius 3 is 1.33 bits per heavy atom. The minimum Gasteiger partial charge on any atom is -0.384 e. The standard InChI is InChI=1S/C33H44N8O4/c1-31(2,3)25-17-38(9)36-29(25)23-15-21(40(42)43)11-13-27(23)34-19-33(7,8)20-35-28-14-12-22(41(44)45)16-24(28)30-26(32(4,5)6)18-39(10)37-30/h11-18,34-35H,19-20H2,1-10H3. The lowest BCUT2D eigenvalue weighted by atomic mass is 9.85. The first-order valence-electron chi connectivity index (χ1n) is 14.9. The quantitative estimate of drug-likeness (QED) is 0.138. The third-order valence-electron chi connectivity index (χ3n) is 7.73. The van der Waals surface area contributed by atoms with Crippen LogP contribution >= 0.6 is 0 Å². The molecule has 0 aliphatic carbocycles. The summed E-state index contributed by atoms with van der Waals surface area (Å²) in [5.74, 6) is 0. The van der Waals surface area contributed by atoms with E-state index in [0.29, 0.717) is 35.6 Å². The maximum atomic E-state index is 11.7. The van der Waals surface area contributed by atoms with Crippen LogP contribution in [-0.4, -0.2) is 42.5 Å². The molecule has 12 nitrogen and oxygen atoms in total. The lowest BCUT2D eigenvalue weighted by Crippen LogP contribution is -2.31. The maximum absolute atomic E-state index is 11.7. The number of hydrogen-bond acceptors (Lipinski definition) is 8. The van der Waals surface area contributed by atoms with Gasteiger partial charge in [0.2, 0.25) is 0 Å². The first-order chi connectivity index (χ1) is 20.8. The van der Waals surface area contributed by atoms with E-state index in [1.807, 2.05) is 26.5 Å². The van der Waals surface area contributed by atoms with Crippen LogP contribution in [-0.2, 0) is 24.9 Å². The van der Waals surface area contributed by atoms with Gasteiger partial charge in [0.25, 0.3) is 11.4 Å². The van der Waals surface area contributed by atoms with Crippen LogP contribution < -0.4 is 10.6 Å². The van der Waals surface area contributed by atoms with E-state index in [2.05, 4.69) is 66.0 Å². The van der Waals surface area contributed by atoms with Crippen molar-refractivity contribution in [1.82, 2.24) is 19.6 Å². The molecule has 45 heavy (non-hydrogen) atoms. The Morgan fingerprint density at radius 2 is 1.02 bits per heavy atom. The average molecular weight is 617 g/mol. The first-order valence-corrected chi connectivity index (χ1v) is 14.9. The number of nitrogens with one attached hydrogen (secondary N) is 2. The predicted molar refractivity (Wildman–Crippen MR) is 179 cm³/mol. The molecule has 4 aromatic rings. The van der Waals surface area contributed by atoms with Crippen LogP contribution in [0.3, 0.4) is 0 Å². The Labute approximate surface area is 264 Å². The molecular weight excluding hydrogens is 572 g/mol. The van der Waals surface area contributed by atoms with Gasteiger partial charge in [-0.25, -0.2) is 0 Å². The lowest BCUT2D eigenvalue weighted by molar-refractivity contribution is -0.385. The number of rotatable bonds is 10. The molecule has 2 heterocycles. The van der Waals surface area contributed by atoms with Crippen molar-refractivity contribution >= 4 is 22.7 Å². The monoisotopic (exact) mass is 616 g/mol. The summed E-state index contributed by atoms with van der Waals surface area (Å²) in [6.07, 6.45) is 3.92. The fourth-order valence-electron chi connectivity index (χ4n) is 5.20. The van der Waals surface area contributed by atoms with Gasteiger partial charge in [0, 0.05) is 97.5 Å². The van der Waals surface area contributed by atoms with Crippen LogP contribution in [0.1, 0.15) is 66.5 Å². The molecule has 0 aliphatic rings. The van der Waals surface area contributed by atoms with Gasteiger partial charge in [0.15, 0.2) is 0 Å². The number of anilines is 2. The zero-order valence-corrected chi connectivity index (χ0v) is 27.8. The summed E-state index contributed by atoms with van der Waals surface area (Å²) < 4.78 is 3.47. The molecule has 0 saturated carbocycles. The highest BCUT2D eigenvalue weighted by Crippen LogP contribution is 2.40. The van der Waals surface area contributed by atoms with E-state index in [4.69, 9.17) is 10.2 Å². The van der Waals surface area contributed by atoms with Gasteiger partial charge in [0.1, 0.15) is 0 Å². The molecule has 0 radical (unpaired) electrons. The van der Waals surface area contributed by atoms with E-state index >= 15 is 0 Å². The average Bonchev–Trinajstić information content (AvgIpc) is 3.53. The Kier molecular flexibility index (Phi) is 8.83. The van der Waals surface area contributed by atoms with Gasteiger partial charge < -0.3 is 10.6 Å². The minimum absolute atomic E-state index is 0.00293. The van der Waals surface area contributed by atoms with E-state index in [1.165, 1.54) is 12.1 Å². The Hall–Kier alpha value is -4.74. The maximum Gasteiger partial charge on any atom is 0.270 e.